The Labute approximate surface area is 206 Å². The number of nitrogens with zero attached hydrogens (tertiary/aromatic N) is 2. The molecule has 36 heavy (non-hydrogen) atoms. The number of fused-ring (bicyclic) bond motifs is 2. The number of ether oxygens (including phenoxy) is 1. The minimum absolute atomic E-state index is 0.0478. The fraction of sp³-hybridized carbons (Fsp3) is 0.143. The highest BCUT2D eigenvalue weighted by molar-refractivity contribution is 6.11. The first-order valence-corrected chi connectivity index (χ1v) is 11.6. The molecule has 0 atom stereocenters. The molecule has 0 spiro atoms. The largest absolute Gasteiger partial charge is 0.494 e. The highest BCUT2D eigenvalue weighted by Gasteiger charge is 2.22. The smallest absolute Gasteiger partial charge is 0.336 e. The predicted molar refractivity (Wildman–Crippen MR) is 137 cm³/mol. The Morgan fingerprint density at radius 3 is 2.67 bits per heavy atom. The van der Waals surface area contributed by atoms with Gasteiger partial charge in [0.05, 0.1) is 28.6 Å². The van der Waals surface area contributed by atoms with Gasteiger partial charge in [-0.25, -0.2) is 9.78 Å². The van der Waals surface area contributed by atoms with Crippen molar-refractivity contribution in [2.45, 2.75) is 19.9 Å². The number of anilines is 1. The molecule has 2 heterocycles. The van der Waals surface area contributed by atoms with Crippen molar-refractivity contribution in [3.8, 4) is 5.75 Å². The van der Waals surface area contributed by atoms with Gasteiger partial charge < -0.3 is 15.2 Å². The second kappa shape index (κ2) is 9.50. The van der Waals surface area contributed by atoms with Crippen LogP contribution in [0.4, 0.5) is 5.69 Å². The number of amides is 1. The number of benzene rings is 3. The molecule has 8 heteroatoms. The van der Waals surface area contributed by atoms with Crippen LogP contribution >= 0.6 is 0 Å². The molecule has 5 rings (SSSR count). The number of hydrogen-bond acceptors (Lipinski definition) is 5. The van der Waals surface area contributed by atoms with Crippen molar-refractivity contribution >= 4 is 40.1 Å². The van der Waals surface area contributed by atoms with Gasteiger partial charge in [0.25, 0.3) is 11.5 Å². The van der Waals surface area contributed by atoms with Gasteiger partial charge in [0.2, 0.25) is 0 Å². The lowest BCUT2D eigenvalue weighted by Crippen LogP contribution is -2.21. The van der Waals surface area contributed by atoms with Crippen molar-refractivity contribution < 1.29 is 19.4 Å². The molecule has 0 radical (unpaired) electrons. The molecule has 8 nitrogen and oxygen atoms in total. The molecule has 1 aliphatic heterocycles. The molecule has 0 saturated heterocycles. The van der Waals surface area contributed by atoms with E-state index in [2.05, 4.69) is 5.32 Å². The summed E-state index contributed by atoms with van der Waals surface area (Å²) in [5.41, 5.74) is 2.57. The number of carbonyl (C=O) groups excluding carboxylic acids is 1. The summed E-state index contributed by atoms with van der Waals surface area (Å²) in [6, 6.07) is 18.6. The molecular weight excluding hydrogens is 458 g/mol. The monoisotopic (exact) mass is 481 g/mol. The highest BCUT2D eigenvalue weighted by atomic mass is 16.5. The fourth-order valence-corrected chi connectivity index (χ4v) is 4.36. The lowest BCUT2D eigenvalue weighted by molar-refractivity contribution is 0.0692. The first-order valence-electron chi connectivity index (χ1n) is 11.6. The third kappa shape index (κ3) is 4.36. The van der Waals surface area contributed by atoms with Crippen LogP contribution in [0.3, 0.4) is 0 Å². The minimum atomic E-state index is -1.18. The van der Waals surface area contributed by atoms with Gasteiger partial charge in [0.15, 0.2) is 0 Å². The van der Waals surface area contributed by atoms with Crippen molar-refractivity contribution in [1.29, 1.82) is 0 Å². The van der Waals surface area contributed by atoms with Crippen molar-refractivity contribution in [3.05, 3.63) is 99.6 Å². The van der Waals surface area contributed by atoms with Gasteiger partial charge >= 0.3 is 5.97 Å². The molecule has 1 aliphatic rings. The van der Waals surface area contributed by atoms with E-state index in [0.717, 1.165) is 16.9 Å². The topological polar surface area (TPSA) is 111 Å². The fourth-order valence-electron chi connectivity index (χ4n) is 4.36. The molecule has 0 unspecified atom stereocenters. The third-order valence-electron chi connectivity index (χ3n) is 6.02. The Hall–Kier alpha value is -4.72. The number of aromatic carboxylic acids is 1. The van der Waals surface area contributed by atoms with Gasteiger partial charge in [-0.3, -0.25) is 14.2 Å². The van der Waals surface area contributed by atoms with Gasteiger partial charge in [-0.05, 0) is 73.0 Å². The van der Waals surface area contributed by atoms with Gasteiger partial charge in [0, 0.05) is 12.2 Å². The molecule has 0 aliphatic carbocycles. The van der Waals surface area contributed by atoms with E-state index in [1.54, 1.807) is 34.9 Å². The summed E-state index contributed by atoms with van der Waals surface area (Å²) >= 11 is 0. The number of nitrogens with one attached hydrogen (secondary N) is 1. The summed E-state index contributed by atoms with van der Waals surface area (Å²) in [5.74, 6) is -0.372. The van der Waals surface area contributed by atoms with Gasteiger partial charge in [-0.15, -0.1) is 0 Å². The van der Waals surface area contributed by atoms with E-state index in [0.29, 0.717) is 42.0 Å². The number of aromatic nitrogens is 2. The van der Waals surface area contributed by atoms with Gasteiger partial charge in [0.1, 0.15) is 11.6 Å². The number of hydrogen-bond donors (Lipinski definition) is 2. The Morgan fingerprint density at radius 2 is 1.89 bits per heavy atom. The van der Waals surface area contributed by atoms with Crippen LogP contribution < -0.4 is 15.6 Å². The molecule has 3 aromatic carbocycles. The van der Waals surface area contributed by atoms with E-state index < -0.39 is 11.9 Å². The van der Waals surface area contributed by atoms with Crippen LogP contribution in [0.25, 0.3) is 22.6 Å². The zero-order chi connectivity index (χ0) is 25.2. The number of carbonyl (C=O) groups is 2. The van der Waals surface area contributed by atoms with Crippen LogP contribution in [0, 0.1) is 0 Å². The molecule has 0 saturated carbocycles. The van der Waals surface area contributed by atoms with Crippen LogP contribution in [0.2, 0.25) is 0 Å². The molecule has 2 N–H and O–H groups in total. The average molecular weight is 482 g/mol. The SMILES string of the molecule is CCOc1cccc(C=C2CCn3c2nc2cc(NC(=O)c4ccccc4C(=O)O)ccc2c3=O)c1. The van der Waals surface area contributed by atoms with Gasteiger partial charge in [-0.1, -0.05) is 24.3 Å². The number of carboxylic acid groups (broad SMARTS) is 1. The molecule has 0 fully saturated rings. The van der Waals surface area contributed by atoms with Crippen molar-refractivity contribution in [2.24, 2.45) is 0 Å². The van der Waals surface area contributed by atoms with E-state index in [4.69, 9.17) is 9.72 Å². The summed E-state index contributed by atoms with van der Waals surface area (Å²) in [7, 11) is 0. The van der Waals surface area contributed by atoms with E-state index in [-0.39, 0.29) is 16.7 Å². The summed E-state index contributed by atoms with van der Waals surface area (Å²) in [4.78, 5) is 42.2. The molecule has 1 amide bonds. The summed E-state index contributed by atoms with van der Waals surface area (Å²) in [6.45, 7) is 3.05. The van der Waals surface area contributed by atoms with Crippen LogP contribution in [0.15, 0.2) is 71.5 Å². The first kappa shape index (κ1) is 23.0. The van der Waals surface area contributed by atoms with E-state index in [1.807, 2.05) is 37.3 Å². The number of allylic oxidation sites excluding steroid dienone is 1. The van der Waals surface area contributed by atoms with Gasteiger partial charge in [-0.2, -0.15) is 0 Å². The normalized spacial score (nSPS) is 13.5. The Balaban J connectivity index is 1.50. The lowest BCUT2D eigenvalue weighted by atomic mass is 10.1. The molecule has 1 aromatic heterocycles. The molecule has 180 valence electrons. The average Bonchev–Trinajstić information content (AvgIpc) is 3.27. The zero-order valence-electron chi connectivity index (χ0n) is 19.5. The van der Waals surface area contributed by atoms with Crippen molar-refractivity contribution in [3.63, 3.8) is 0 Å². The maximum absolute atomic E-state index is 13.2. The Bertz CT molecular complexity index is 1600. The number of carboxylic acids is 1. The Morgan fingerprint density at radius 1 is 1.08 bits per heavy atom. The second-order valence-electron chi connectivity index (χ2n) is 8.35. The first-order chi connectivity index (χ1) is 17.4. The summed E-state index contributed by atoms with van der Waals surface area (Å²) < 4.78 is 7.26. The van der Waals surface area contributed by atoms with E-state index in [9.17, 15) is 19.5 Å². The Kier molecular flexibility index (Phi) is 6.08. The van der Waals surface area contributed by atoms with Crippen LogP contribution in [-0.2, 0) is 6.54 Å². The molecule has 0 bridgehead atoms. The highest BCUT2D eigenvalue weighted by Crippen LogP contribution is 2.29. The standard InChI is InChI=1S/C28H23N3O5/c1-2-36-20-7-5-6-17(15-20)14-18-12-13-31-25(18)30-24-16-19(10-11-23(24)27(31)33)29-26(32)21-8-3-4-9-22(21)28(34)35/h3-11,14-16H,2,12-13H2,1H3,(H,29,32)(H,34,35). The van der Waals surface area contributed by atoms with Crippen LogP contribution in [0.5, 0.6) is 5.75 Å². The van der Waals surface area contributed by atoms with Crippen molar-refractivity contribution in [1.82, 2.24) is 9.55 Å². The minimum Gasteiger partial charge on any atom is -0.494 e. The zero-order valence-corrected chi connectivity index (χ0v) is 19.5. The molecule has 4 aromatic rings. The van der Waals surface area contributed by atoms with Crippen molar-refractivity contribution in [2.75, 3.05) is 11.9 Å². The quantitative estimate of drug-likeness (QED) is 0.413. The number of rotatable bonds is 6. The summed E-state index contributed by atoms with van der Waals surface area (Å²) in [6.07, 6.45) is 2.68. The molecular formula is C28H23N3O5. The van der Waals surface area contributed by atoms with E-state index in [1.165, 1.54) is 12.1 Å². The van der Waals surface area contributed by atoms with Crippen LogP contribution in [-0.4, -0.2) is 33.1 Å². The second-order valence-corrected chi connectivity index (χ2v) is 8.35. The third-order valence-corrected chi connectivity index (χ3v) is 6.02. The van der Waals surface area contributed by atoms with E-state index >= 15 is 0 Å². The lowest BCUT2D eigenvalue weighted by Gasteiger charge is -2.10. The van der Waals surface area contributed by atoms with Crippen LogP contribution in [0.1, 0.15) is 45.4 Å². The maximum atomic E-state index is 13.2. The maximum Gasteiger partial charge on any atom is 0.336 e. The predicted octanol–water partition coefficient (Wildman–Crippen LogP) is 4.69. The summed E-state index contributed by atoms with van der Waals surface area (Å²) in [5, 5.41) is 12.5.